The van der Waals surface area contributed by atoms with E-state index in [2.05, 4.69) is 10.2 Å². The van der Waals surface area contributed by atoms with Crippen LogP contribution in [-0.4, -0.2) is 48.1 Å². The maximum absolute atomic E-state index is 13.2. The summed E-state index contributed by atoms with van der Waals surface area (Å²) in [5.74, 6) is -2.62. The van der Waals surface area contributed by atoms with E-state index in [0.29, 0.717) is 12.3 Å². The summed E-state index contributed by atoms with van der Waals surface area (Å²) in [6.07, 6.45) is 2.76. The van der Waals surface area contributed by atoms with E-state index >= 15 is 0 Å². The van der Waals surface area contributed by atoms with Crippen molar-refractivity contribution in [2.45, 2.75) is 13.0 Å². The van der Waals surface area contributed by atoms with Crippen molar-refractivity contribution in [3.8, 4) is 0 Å². The van der Waals surface area contributed by atoms with Crippen LogP contribution in [0.15, 0.2) is 79.1 Å². The van der Waals surface area contributed by atoms with Crippen LogP contribution in [0, 0.1) is 5.92 Å². The molecule has 1 heterocycles. The summed E-state index contributed by atoms with van der Waals surface area (Å²) in [6, 6.07) is 20.1. The lowest BCUT2D eigenvalue weighted by Crippen LogP contribution is -2.39. The Bertz CT molecular complexity index is 1050. The lowest BCUT2D eigenvalue weighted by atomic mass is 9.98. The number of rotatable bonds is 11. The van der Waals surface area contributed by atoms with Crippen LogP contribution in [-0.2, 0) is 25.7 Å². The molecular weight excluding hydrogens is 422 g/mol. The molecule has 0 bridgehead atoms. The Balaban J connectivity index is 1.63. The first kappa shape index (κ1) is 23.7. The van der Waals surface area contributed by atoms with E-state index in [4.69, 9.17) is 9.47 Å². The number of para-hydroxylation sites is 1. The van der Waals surface area contributed by atoms with Crippen LogP contribution in [0.4, 0.5) is 5.69 Å². The molecule has 1 unspecified atom stereocenters. The smallest absolute Gasteiger partial charge is 0.340 e. The molecule has 0 N–H and O–H groups in total. The molecule has 33 heavy (non-hydrogen) atoms. The first-order chi connectivity index (χ1) is 16.1. The molecule has 1 amide bonds. The number of hydrogen-bond donors (Lipinski definition) is 0. The molecule has 0 saturated heterocycles. The fourth-order valence-electron chi connectivity index (χ4n) is 3.13. The molecule has 1 atom stereocenters. The van der Waals surface area contributed by atoms with Crippen LogP contribution < -0.4 is 4.90 Å². The van der Waals surface area contributed by atoms with E-state index in [1.165, 1.54) is 23.4 Å². The monoisotopic (exact) mass is 447 g/mol. The van der Waals surface area contributed by atoms with Crippen molar-refractivity contribution in [3.05, 3.63) is 90.3 Å². The van der Waals surface area contributed by atoms with Crippen LogP contribution >= 0.6 is 0 Å². The molecule has 0 fully saturated rings. The van der Waals surface area contributed by atoms with Gasteiger partial charge in [0.25, 0.3) is 0 Å². The zero-order valence-corrected chi connectivity index (χ0v) is 18.3. The van der Waals surface area contributed by atoms with Crippen molar-refractivity contribution in [3.63, 3.8) is 0 Å². The summed E-state index contributed by atoms with van der Waals surface area (Å²) in [6.45, 7) is 0.0370. The highest BCUT2D eigenvalue weighted by Gasteiger charge is 2.30. The van der Waals surface area contributed by atoms with E-state index in [9.17, 15) is 14.4 Å². The number of aromatic nitrogens is 2. The summed E-state index contributed by atoms with van der Waals surface area (Å²) < 4.78 is 10.8. The van der Waals surface area contributed by atoms with Crippen molar-refractivity contribution in [2.75, 3.05) is 25.2 Å². The first-order valence-corrected chi connectivity index (χ1v) is 10.5. The Hall–Kier alpha value is -3.91. The largest absolute Gasteiger partial charge is 0.454 e. The Labute approximate surface area is 192 Å². The van der Waals surface area contributed by atoms with Crippen molar-refractivity contribution in [1.82, 2.24) is 10.2 Å². The minimum atomic E-state index is -1.02. The zero-order valence-electron chi connectivity index (χ0n) is 18.3. The summed E-state index contributed by atoms with van der Waals surface area (Å²) in [4.78, 5) is 39.6. The number of carbonyl (C=O) groups excluding carboxylic acids is 3. The van der Waals surface area contributed by atoms with Gasteiger partial charge in [0, 0.05) is 19.3 Å². The summed E-state index contributed by atoms with van der Waals surface area (Å²) in [5.41, 5.74) is 1.83. The quantitative estimate of drug-likeness (QED) is 0.253. The highest BCUT2D eigenvalue weighted by molar-refractivity contribution is 6.09. The second-order valence-corrected chi connectivity index (χ2v) is 7.29. The van der Waals surface area contributed by atoms with E-state index in [0.717, 1.165) is 5.56 Å². The van der Waals surface area contributed by atoms with Crippen LogP contribution in [0.3, 0.4) is 0 Å². The van der Waals surface area contributed by atoms with Gasteiger partial charge < -0.3 is 14.4 Å². The van der Waals surface area contributed by atoms with Crippen LogP contribution in [0.5, 0.6) is 0 Å². The molecule has 0 aliphatic carbocycles. The molecule has 8 nitrogen and oxygen atoms in total. The molecule has 170 valence electrons. The molecule has 0 aliphatic heterocycles. The lowest BCUT2D eigenvalue weighted by molar-refractivity contribution is -0.135. The molecule has 8 heteroatoms. The van der Waals surface area contributed by atoms with Crippen molar-refractivity contribution < 1.29 is 23.9 Å². The highest BCUT2D eigenvalue weighted by Crippen LogP contribution is 2.18. The number of nitrogens with zero attached hydrogens (tertiary/aromatic N) is 3. The number of carbonyl (C=O) groups is 3. The number of amides is 1. The standard InChI is InChI=1S/C25H25N3O5/c1-28(21-10-6-3-7-11-21)24(30)22(13-15-32-17-19-8-4-2-5-9-19)23(29)18-33-25(31)20-12-14-26-27-16-20/h2-12,14,16,22H,13,15,17-18H2,1H3. The molecule has 2 aromatic carbocycles. The van der Waals surface area contributed by atoms with Gasteiger partial charge in [-0.1, -0.05) is 48.5 Å². The van der Waals surface area contributed by atoms with Crippen molar-refractivity contribution >= 4 is 23.3 Å². The average Bonchev–Trinajstić information content (AvgIpc) is 2.88. The van der Waals surface area contributed by atoms with E-state index in [1.807, 2.05) is 48.5 Å². The summed E-state index contributed by atoms with van der Waals surface area (Å²) in [5, 5.41) is 7.21. The molecule has 3 rings (SSSR count). The van der Waals surface area contributed by atoms with Crippen molar-refractivity contribution in [2.24, 2.45) is 5.92 Å². The normalized spacial score (nSPS) is 11.4. The van der Waals surface area contributed by atoms with Gasteiger partial charge in [-0.15, -0.1) is 0 Å². The number of ketones is 1. The maximum Gasteiger partial charge on any atom is 0.340 e. The van der Waals surface area contributed by atoms with Gasteiger partial charge in [-0.05, 0) is 30.2 Å². The van der Waals surface area contributed by atoms with Crippen molar-refractivity contribution in [1.29, 1.82) is 0 Å². The number of esters is 1. The Morgan fingerprint density at radius 3 is 2.30 bits per heavy atom. The summed E-state index contributed by atoms with van der Waals surface area (Å²) in [7, 11) is 1.61. The van der Waals surface area contributed by atoms with Gasteiger partial charge in [-0.3, -0.25) is 9.59 Å². The zero-order chi connectivity index (χ0) is 23.5. The fraction of sp³-hybridized carbons (Fsp3) is 0.240. The SMILES string of the molecule is CN(C(=O)C(CCOCc1ccccc1)C(=O)COC(=O)c1ccnnc1)c1ccccc1. The third kappa shape index (κ3) is 7.05. The van der Waals surface area contributed by atoms with Gasteiger partial charge >= 0.3 is 5.97 Å². The third-order valence-electron chi connectivity index (χ3n) is 4.99. The number of ether oxygens (including phenoxy) is 2. The summed E-state index contributed by atoms with van der Waals surface area (Å²) >= 11 is 0. The number of benzene rings is 2. The Morgan fingerprint density at radius 1 is 0.939 bits per heavy atom. The molecule has 0 spiro atoms. The van der Waals surface area contributed by atoms with Gasteiger partial charge in [0.05, 0.1) is 24.6 Å². The molecule has 0 radical (unpaired) electrons. The Morgan fingerprint density at radius 2 is 1.64 bits per heavy atom. The molecule has 0 saturated carbocycles. The fourth-order valence-corrected chi connectivity index (χ4v) is 3.13. The van der Waals surface area contributed by atoms with Gasteiger partial charge in [0.2, 0.25) is 5.91 Å². The minimum Gasteiger partial charge on any atom is -0.454 e. The molecule has 0 aliphatic rings. The Kier molecular flexibility index (Phi) is 8.79. The minimum absolute atomic E-state index is 0.163. The van der Waals surface area contributed by atoms with E-state index in [-0.39, 0.29) is 18.6 Å². The van der Waals surface area contributed by atoms with Crippen LogP contribution in [0.2, 0.25) is 0 Å². The average molecular weight is 447 g/mol. The predicted octanol–water partition coefficient (Wildman–Crippen LogP) is 3.09. The van der Waals surface area contributed by atoms with Gasteiger partial charge in [-0.25, -0.2) is 4.79 Å². The lowest BCUT2D eigenvalue weighted by Gasteiger charge is -2.23. The third-order valence-corrected chi connectivity index (χ3v) is 4.99. The number of Topliss-reactive ketones (excluding diaryl/α,β-unsaturated/α-hetero) is 1. The molecule has 3 aromatic rings. The molecule has 1 aromatic heterocycles. The van der Waals surface area contributed by atoms with Gasteiger partial charge in [0.1, 0.15) is 5.92 Å². The van der Waals surface area contributed by atoms with Gasteiger partial charge in [-0.2, -0.15) is 10.2 Å². The predicted molar refractivity (Wildman–Crippen MR) is 121 cm³/mol. The molecular formula is C25H25N3O5. The van der Waals surface area contributed by atoms with Crippen LogP contribution in [0.25, 0.3) is 0 Å². The van der Waals surface area contributed by atoms with Gasteiger partial charge in [0.15, 0.2) is 12.4 Å². The number of anilines is 1. The first-order valence-electron chi connectivity index (χ1n) is 10.5. The van der Waals surface area contributed by atoms with Crippen LogP contribution in [0.1, 0.15) is 22.3 Å². The highest BCUT2D eigenvalue weighted by atomic mass is 16.5. The van der Waals surface area contributed by atoms with E-state index < -0.39 is 30.2 Å². The second-order valence-electron chi connectivity index (χ2n) is 7.29. The maximum atomic E-state index is 13.2. The number of hydrogen-bond acceptors (Lipinski definition) is 7. The van der Waals surface area contributed by atoms with E-state index in [1.54, 1.807) is 19.2 Å². The second kappa shape index (κ2) is 12.2. The topological polar surface area (TPSA) is 98.7 Å².